The van der Waals surface area contributed by atoms with Crippen LogP contribution in [0.2, 0.25) is 0 Å². The summed E-state index contributed by atoms with van der Waals surface area (Å²) in [5.74, 6) is 0. The van der Waals surface area contributed by atoms with Crippen molar-refractivity contribution in [1.29, 1.82) is 0 Å². The molecular weight excluding hydrogens is 516 g/mol. The minimum absolute atomic E-state index is 1.23. The van der Waals surface area contributed by atoms with Gasteiger partial charge in [0.15, 0.2) is 0 Å². The topological polar surface area (TPSA) is 0 Å². The van der Waals surface area contributed by atoms with Crippen LogP contribution in [0.25, 0.3) is 76.8 Å². The van der Waals surface area contributed by atoms with E-state index in [0.717, 1.165) is 0 Å². The van der Waals surface area contributed by atoms with Gasteiger partial charge in [0.25, 0.3) is 0 Å². The molecule has 202 valence electrons. The highest BCUT2D eigenvalue weighted by Crippen LogP contribution is 2.45. The van der Waals surface area contributed by atoms with Gasteiger partial charge in [0, 0.05) is 0 Å². The molecule has 0 nitrogen and oxygen atoms in total. The molecule has 0 aliphatic rings. The van der Waals surface area contributed by atoms with Crippen molar-refractivity contribution in [3.8, 4) is 44.5 Å². The van der Waals surface area contributed by atoms with Crippen LogP contribution in [0, 0.1) is 6.92 Å². The van der Waals surface area contributed by atoms with Crippen LogP contribution in [-0.2, 0) is 0 Å². The van der Waals surface area contributed by atoms with Gasteiger partial charge in [-0.05, 0) is 89.8 Å². The van der Waals surface area contributed by atoms with Crippen molar-refractivity contribution in [2.24, 2.45) is 0 Å². The van der Waals surface area contributed by atoms with Crippen molar-refractivity contribution in [2.75, 3.05) is 0 Å². The van der Waals surface area contributed by atoms with Crippen molar-refractivity contribution >= 4 is 32.3 Å². The van der Waals surface area contributed by atoms with Crippen molar-refractivity contribution in [1.82, 2.24) is 0 Å². The van der Waals surface area contributed by atoms with Crippen LogP contribution in [0.4, 0.5) is 0 Å². The van der Waals surface area contributed by atoms with Gasteiger partial charge in [-0.2, -0.15) is 0 Å². The fraction of sp³-hybridized carbons (Fsp3) is 0.0233. The monoisotopic (exact) mass is 546 g/mol. The van der Waals surface area contributed by atoms with Gasteiger partial charge in [-0.1, -0.05) is 163 Å². The normalized spacial score (nSPS) is 11.4. The Labute approximate surface area is 252 Å². The van der Waals surface area contributed by atoms with Gasteiger partial charge in [0.1, 0.15) is 0 Å². The molecule has 0 aliphatic heterocycles. The summed E-state index contributed by atoms with van der Waals surface area (Å²) in [7, 11) is 0. The van der Waals surface area contributed by atoms with E-state index < -0.39 is 0 Å². The Morgan fingerprint density at radius 3 is 1.47 bits per heavy atom. The average molecular weight is 547 g/mol. The second-order valence-electron chi connectivity index (χ2n) is 11.4. The molecule has 0 aromatic heterocycles. The third kappa shape index (κ3) is 4.31. The van der Waals surface area contributed by atoms with E-state index in [1.165, 1.54) is 82.4 Å². The van der Waals surface area contributed by atoms with Gasteiger partial charge >= 0.3 is 0 Å². The summed E-state index contributed by atoms with van der Waals surface area (Å²) in [6, 6.07) is 59.9. The van der Waals surface area contributed by atoms with Crippen molar-refractivity contribution in [2.45, 2.75) is 6.92 Å². The molecule has 0 saturated carbocycles. The molecule has 0 spiro atoms. The summed E-state index contributed by atoms with van der Waals surface area (Å²) in [5, 5.41) is 7.63. The first kappa shape index (κ1) is 25.3. The minimum atomic E-state index is 1.23. The Bertz CT molecular complexity index is 2230. The highest BCUT2D eigenvalue weighted by molar-refractivity contribution is 6.22. The third-order valence-corrected chi connectivity index (χ3v) is 8.71. The van der Waals surface area contributed by atoms with Crippen LogP contribution < -0.4 is 0 Å². The van der Waals surface area contributed by atoms with Crippen LogP contribution in [0.15, 0.2) is 164 Å². The lowest BCUT2D eigenvalue weighted by Crippen LogP contribution is -1.92. The summed E-state index contributed by atoms with van der Waals surface area (Å²) < 4.78 is 0. The summed E-state index contributed by atoms with van der Waals surface area (Å²) in [6.07, 6.45) is 0. The zero-order valence-corrected chi connectivity index (χ0v) is 24.1. The van der Waals surface area contributed by atoms with Gasteiger partial charge in [0.05, 0.1) is 0 Å². The standard InChI is InChI=1S/C43H30/c1-29-13-11-17-32(27-29)42-37-20-7-9-22-39(37)43(40-23-10-8-21-38(40)42)33-26-25-31-16-12-24-36(41(31)28-33)35-19-6-5-18-34(35)30-14-3-2-4-15-30/h2-28H,1H3. The van der Waals surface area contributed by atoms with E-state index in [1.54, 1.807) is 0 Å². The quantitative estimate of drug-likeness (QED) is 0.193. The average Bonchev–Trinajstić information content (AvgIpc) is 3.07. The zero-order chi connectivity index (χ0) is 28.8. The highest BCUT2D eigenvalue weighted by atomic mass is 14.2. The first-order chi connectivity index (χ1) is 21.3. The van der Waals surface area contributed by atoms with Crippen LogP contribution in [0.5, 0.6) is 0 Å². The summed E-state index contributed by atoms with van der Waals surface area (Å²) in [5.41, 5.74) is 11.3. The summed E-state index contributed by atoms with van der Waals surface area (Å²) in [4.78, 5) is 0. The van der Waals surface area contributed by atoms with E-state index in [4.69, 9.17) is 0 Å². The van der Waals surface area contributed by atoms with Crippen molar-refractivity contribution in [3.05, 3.63) is 169 Å². The van der Waals surface area contributed by atoms with Crippen molar-refractivity contribution in [3.63, 3.8) is 0 Å². The molecule has 0 bridgehead atoms. The van der Waals surface area contributed by atoms with Crippen LogP contribution in [-0.4, -0.2) is 0 Å². The van der Waals surface area contributed by atoms with E-state index in [1.807, 2.05) is 0 Å². The second kappa shape index (κ2) is 10.4. The maximum atomic E-state index is 2.41. The SMILES string of the molecule is Cc1cccc(-c2c3ccccc3c(-c3ccc4cccc(-c5ccccc5-c5ccccc5)c4c3)c3ccccc23)c1. The second-order valence-corrected chi connectivity index (χ2v) is 11.4. The smallest absolute Gasteiger partial charge is 0.00261 e. The van der Waals surface area contributed by atoms with E-state index in [0.29, 0.717) is 0 Å². The first-order valence-corrected chi connectivity index (χ1v) is 14.9. The van der Waals surface area contributed by atoms with E-state index in [9.17, 15) is 0 Å². The van der Waals surface area contributed by atoms with Crippen molar-refractivity contribution < 1.29 is 0 Å². The molecule has 0 saturated heterocycles. The van der Waals surface area contributed by atoms with Gasteiger partial charge in [-0.3, -0.25) is 0 Å². The lowest BCUT2D eigenvalue weighted by atomic mass is 9.84. The first-order valence-electron chi connectivity index (χ1n) is 14.9. The Hall–Kier alpha value is -5.46. The number of fused-ring (bicyclic) bond motifs is 3. The Balaban J connectivity index is 1.42. The molecule has 0 aliphatic carbocycles. The predicted octanol–water partition coefficient (Wildman–Crippen LogP) is 12.1. The molecular formula is C43H30. The van der Waals surface area contributed by atoms with Gasteiger partial charge < -0.3 is 0 Å². The molecule has 0 heteroatoms. The lowest BCUT2D eigenvalue weighted by Gasteiger charge is -2.19. The number of rotatable bonds is 4. The Morgan fingerprint density at radius 2 is 0.814 bits per heavy atom. The molecule has 8 aromatic rings. The molecule has 0 radical (unpaired) electrons. The van der Waals surface area contributed by atoms with Gasteiger partial charge in [0.2, 0.25) is 0 Å². The van der Waals surface area contributed by atoms with E-state index in [-0.39, 0.29) is 0 Å². The molecule has 0 atom stereocenters. The fourth-order valence-electron chi connectivity index (χ4n) is 6.80. The number of aryl methyl sites for hydroxylation is 1. The van der Waals surface area contributed by atoms with E-state index in [2.05, 4.69) is 171 Å². The van der Waals surface area contributed by atoms with Gasteiger partial charge in [-0.25, -0.2) is 0 Å². The number of hydrogen-bond donors (Lipinski definition) is 0. The fourth-order valence-corrected chi connectivity index (χ4v) is 6.80. The Kier molecular flexibility index (Phi) is 6.12. The number of benzene rings is 8. The molecule has 0 fully saturated rings. The molecule has 0 unspecified atom stereocenters. The summed E-state index contributed by atoms with van der Waals surface area (Å²) >= 11 is 0. The van der Waals surface area contributed by atoms with Crippen LogP contribution in [0.1, 0.15) is 5.56 Å². The van der Waals surface area contributed by atoms with Crippen LogP contribution in [0.3, 0.4) is 0 Å². The zero-order valence-electron chi connectivity index (χ0n) is 24.1. The molecule has 8 aromatic carbocycles. The third-order valence-electron chi connectivity index (χ3n) is 8.71. The summed E-state index contributed by atoms with van der Waals surface area (Å²) in [6.45, 7) is 2.17. The largest absolute Gasteiger partial charge is 0.0622 e. The van der Waals surface area contributed by atoms with E-state index >= 15 is 0 Å². The maximum absolute atomic E-state index is 2.41. The predicted molar refractivity (Wildman–Crippen MR) is 185 cm³/mol. The minimum Gasteiger partial charge on any atom is -0.0622 e. The highest BCUT2D eigenvalue weighted by Gasteiger charge is 2.18. The molecule has 8 rings (SSSR count). The van der Waals surface area contributed by atoms with Crippen LogP contribution >= 0.6 is 0 Å². The Morgan fingerprint density at radius 1 is 0.302 bits per heavy atom. The maximum Gasteiger partial charge on any atom is -0.00261 e. The lowest BCUT2D eigenvalue weighted by molar-refractivity contribution is 1.47. The molecule has 0 amide bonds. The molecule has 43 heavy (non-hydrogen) atoms. The van der Waals surface area contributed by atoms with Gasteiger partial charge in [-0.15, -0.1) is 0 Å². The molecule has 0 heterocycles. The molecule has 0 N–H and O–H groups in total. The number of hydrogen-bond acceptors (Lipinski definition) is 0.